The van der Waals surface area contributed by atoms with Crippen molar-refractivity contribution in [2.75, 3.05) is 0 Å². The zero-order chi connectivity index (χ0) is 19.7. The second kappa shape index (κ2) is 5.43. The molecule has 4 rings (SSSR count). The second-order valence-corrected chi connectivity index (χ2v) is 7.22. The van der Waals surface area contributed by atoms with Crippen molar-refractivity contribution in [2.24, 2.45) is 17.6 Å². The van der Waals surface area contributed by atoms with Crippen LogP contribution in [0.2, 0.25) is 0 Å². The SMILES string of the molecule is NC(=O)C1=C(O)C[C@@H]2CC3Cc4cccc(O)c4C(=O)C3=C(O)[C@]2(O)C1=O. The van der Waals surface area contributed by atoms with Crippen LogP contribution in [-0.2, 0) is 16.0 Å². The Morgan fingerprint density at radius 1 is 1.15 bits per heavy atom. The molecule has 140 valence electrons. The van der Waals surface area contributed by atoms with Crippen molar-refractivity contribution in [1.29, 1.82) is 0 Å². The maximum atomic E-state index is 12.9. The molecule has 27 heavy (non-hydrogen) atoms. The number of aromatic hydroxyl groups is 1. The molecule has 1 aromatic carbocycles. The van der Waals surface area contributed by atoms with E-state index in [0.29, 0.717) is 12.0 Å². The number of phenolic OH excluding ortho intramolecular Hbond substituents is 1. The number of phenols is 1. The number of rotatable bonds is 1. The van der Waals surface area contributed by atoms with E-state index in [1.165, 1.54) is 6.07 Å². The number of benzene rings is 1. The summed E-state index contributed by atoms with van der Waals surface area (Å²) in [6.07, 6.45) is 0.233. The molecule has 1 unspecified atom stereocenters. The maximum Gasteiger partial charge on any atom is 0.255 e. The van der Waals surface area contributed by atoms with Crippen molar-refractivity contribution in [1.82, 2.24) is 0 Å². The fourth-order valence-electron chi connectivity index (χ4n) is 4.56. The minimum absolute atomic E-state index is 0.0223. The van der Waals surface area contributed by atoms with Gasteiger partial charge in [-0.3, -0.25) is 14.4 Å². The Bertz CT molecular complexity index is 990. The average Bonchev–Trinajstić information content (AvgIpc) is 2.57. The first-order valence-electron chi connectivity index (χ1n) is 8.46. The van der Waals surface area contributed by atoms with E-state index in [-0.39, 0.29) is 29.7 Å². The molecule has 0 saturated carbocycles. The lowest BCUT2D eigenvalue weighted by molar-refractivity contribution is -0.144. The third-order valence-electron chi connectivity index (χ3n) is 5.80. The summed E-state index contributed by atoms with van der Waals surface area (Å²) in [5.41, 5.74) is 2.32. The van der Waals surface area contributed by atoms with Crippen molar-refractivity contribution < 1.29 is 34.8 Å². The van der Waals surface area contributed by atoms with Crippen LogP contribution in [0.1, 0.15) is 28.8 Å². The van der Waals surface area contributed by atoms with Gasteiger partial charge in [-0.2, -0.15) is 0 Å². The Labute approximate surface area is 153 Å². The average molecular weight is 371 g/mol. The summed E-state index contributed by atoms with van der Waals surface area (Å²) in [4.78, 5) is 37.2. The number of carbonyl (C=O) groups excluding carboxylic acids is 3. The van der Waals surface area contributed by atoms with E-state index in [1.54, 1.807) is 12.1 Å². The lowest BCUT2D eigenvalue weighted by Gasteiger charge is -2.45. The summed E-state index contributed by atoms with van der Waals surface area (Å²) in [5, 5.41) is 41.9. The predicted molar refractivity (Wildman–Crippen MR) is 90.8 cm³/mol. The molecule has 8 nitrogen and oxygen atoms in total. The van der Waals surface area contributed by atoms with Gasteiger partial charge in [-0.05, 0) is 30.4 Å². The first-order chi connectivity index (χ1) is 12.7. The van der Waals surface area contributed by atoms with Crippen LogP contribution in [0.4, 0.5) is 0 Å². The third kappa shape index (κ3) is 2.10. The molecule has 3 aliphatic carbocycles. The van der Waals surface area contributed by atoms with E-state index in [9.17, 15) is 34.8 Å². The molecule has 1 aromatic rings. The van der Waals surface area contributed by atoms with Gasteiger partial charge in [0.15, 0.2) is 11.4 Å². The Kier molecular flexibility index (Phi) is 3.48. The van der Waals surface area contributed by atoms with Crippen molar-refractivity contribution in [3.8, 4) is 5.75 Å². The molecule has 1 amide bonds. The predicted octanol–water partition coefficient (Wildman–Crippen LogP) is 0.580. The maximum absolute atomic E-state index is 12.9. The molecule has 0 heterocycles. The molecule has 3 atom stereocenters. The summed E-state index contributed by atoms with van der Waals surface area (Å²) in [6.45, 7) is 0. The first kappa shape index (κ1) is 17.3. The van der Waals surface area contributed by atoms with Crippen molar-refractivity contribution in [2.45, 2.75) is 24.9 Å². The molecule has 0 bridgehead atoms. The fourth-order valence-corrected chi connectivity index (χ4v) is 4.56. The Morgan fingerprint density at radius 2 is 1.85 bits per heavy atom. The van der Waals surface area contributed by atoms with Crippen LogP contribution in [-0.4, -0.2) is 43.5 Å². The number of primary amides is 1. The third-order valence-corrected chi connectivity index (χ3v) is 5.80. The van der Waals surface area contributed by atoms with Crippen molar-refractivity contribution in [3.63, 3.8) is 0 Å². The van der Waals surface area contributed by atoms with Gasteiger partial charge in [-0.15, -0.1) is 0 Å². The molecule has 0 spiro atoms. The van der Waals surface area contributed by atoms with Gasteiger partial charge in [0.2, 0.25) is 5.78 Å². The second-order valence-electron chi connectivity index (χ2n) is 7.22. The number of carbonyl (C=O) groups is 3. The Hall–Kier alpha value is -3.13. The number of fused-ring (bicyclic) bond motifs is 3. The van der Waals surface area contributed by atoms with Gasteiger partial charge in [0.25, 0.3) is 5.91 Å². The number of aliphatic hydroxyl groups excluding tert-OH is 2. The number of nitrogens with two attached hydrogens (primary N) is 1. The normalized spacial score (nSPS) is 30.0. The minimum Gasteiger partial charge on any atom is -0.511 e. The topological polar surface area (TPSA) is 158 Å². The van der Waals surface area contributed by atoms with E-state index in [2.05, 4.69) is 0 Å². The largest absolute Gasteiger partial charge is 0.511 e. The van der Waals surface area contributed by atoms with Crippen LogP contribution in [0.5, 0.6) is 5.75 Å². The first-order valence-corrected chi connectivity index (χ1v) is 8.46. The van der Waals surface area contributed by atoms with Crippen LogP contribution >= 0.6 is 0 Å². The van der Waals surface area contributed by atoms with Gasteiger partial charge in [0.05, 0.1) is 5.56 Å². The summed E-state index contributed by atoms with van der Waals surface area (Å²) < 4.78 is 0. The highest BCUT2D eigenvalue weighted by atomic mass is 16.3. The van der Waals surface area contributed by atoms with Crippen LogP contribution in [0, 0.1) is 11.8 Å². The van der Waals surface area contributed by atoms with E-state index >= 15 is 0 Å². The standard InChI is InChI=1S/C19H17NO7/c20-18(26)14-11(22)6-9-5-8-4-7-2-1-3-10(21)12(7)15(23)13(8)16(24)19(9,27)17(14)25/h1-3,8-9,21-22,24,27H,4-6H2,(H2,20,26)/t8?,9-,19-/m0/s1. The number of ketones is 2. The Balaban J connectivity index is 1.91. The molecular weight excluding hydrogens is 354 g/mol. The van der Waals surface area contributed by atoms with Crippen molar-refractivity contribution >= 4 is 17.5 Å². The van der Waals surface area contributed by atoms with E-state index in [1.807, 2.05) is 0 Å². The van der Waals surface area contributed by atoms with Gasteiger partial charge in [-0.25, -0.2) is 0 Å². The van der Waals surface area contributed by atoms with Gasteiger partial charge < -0.3 is 26.2 Å². The zero-order valence-electron chi connectivity index (χ0n) is 14.1. The number of aliphatic hydroxyl groups is 3. The quantitative estimate of drug-likeness (QED) is 0.452. The number of hydrogen-bond donors (Lipinski definition) is 5. The molecule has 0 fully saturated rings. The fraction of sp³-hybridized carbons (Fsp3) is 0.316. The lowest BCUT2D eigenvalue weighted by atomic mass is 9.60. The van der Waals surface area contributed by atoms with Gasteiger partial charge >= 0.3 is 0 Å². The van der Waals surface area contributed by atoms with Crippen LogP contribution < -0.4 is 5.73 Å². The van der Waals surface area contributed by atoms with E-state index in [4.69, 9.17) is 5.73 Å². The minimum atomic E-state index is -2.51. The molecule has 0 saturated heterocycles. The molecule has 0 radical (unpaired) electrons. The van der Waals surface area contributed by atoms with Crippen LogP contribution in [0.25, 0.3) is 0 Å². The molecule has 3 aliphatic rings. The van der Waals surface area contributed by atoms with Gasteiger partial charge in [0, 0.05) is 17.9 Å². The summed E-state index contributed by atoms with van der Waals surface area (Å²) in [6, 6.07) is 4.63. The summed E-state index contributed by atoms with van der Waals surface area (Å²) in [7, 11) is 0. The molecule has 0 aliphatic heterocycles. The number of Topliss-reactive ketones (excluding diaryl/α,β-unsaturated/α-hetero) is 2. The lowest BCUT2D eigenvalue weighted by Crippen LogP contribution is -2.57. The van der Waals surface area contributed by atoms with Gasteiger partial charge in [0.1, 0.15) is 22.8 Å². The highest BCUT2D eigenvalue weighted by Gasteiger charge is 2.59. The summed E-state index contributed by atoms with van der Waals surface area (Å²) >= 11 is 0. The summed E-state index contributed by atoms with van der Waals surface area (Å²) in [5.74, 6) is -6.13. The smallest absolute Gasteiger partial charge is 0.255 e. The number of allylic oxidation sites excluding steroid dienone is 2. The molecule has 8 heteroatoms. The van der Waals surface area contributed by atoms with E-state index < -0.39 is 52.0 Å². The van der Waals surface area contributed by atoms with Crippen LogP contribution in [0.15, 0.2) is 40.9 Å². The zero-order valence-corrected chi connectivity index (χ0v) is 14.1. The van der Waals surface area contributed by atoms with Crippen LogP contribution in [0.3, 0.4) is 0 Å². The van der Waals surface area contributed by atoms with Crippen molar-refractivity contribution in [3.05, 3.63) is 52.0 Å². The number of amides is 1. The number of hydrogen-bond acceptors (Lipinski definition) is 7. The molecule has 0 aromatic heterocycles. The molecule has 6 N–H and O–H groups in total. The Morgan fingerprint density at radius 3 is 2.52 bits per heavy atom. The highest BCUT2D eigenvalue weighted by molar-refractivity contribution is 6.24. The van der Waals surface area contributed by atoms with E-state index in [0.717, 1.165) is 0 Å². The van der Waals surface area contributed by atoms with Gasteiger partial charge in [-0.1, -0.05) is 12.1 Å². The monoisotopic (exact) mass is 371 g/mol. The highest BCUT2D eigenvalue weighted by Crippen LogP contribution is 2.51. The molecular formula is C19H17NO7.